The monoisotopic (exact) mass is 221 g/mol. The number of rotatable bonds is 3. The number of nitrogens with one attached hydrogen (secondary N) is 1. The summed E-state index contributed by atoms with van der Waals surface area (Å²) in [4.78, 5) is 32.8. The number of imide groups is 1. The van der Waals surface area contributed by atoms with Crippen molar-refractivity contribution in [2.45, 2.75) is 25.3 Å². The molecule has 1 aliphatic rings. The fourth-order valence-electron chi connectivity index (χ4n) is 1.72. The van der Waals surface area contributed by atoms with Gasteiger partial charge in [-0.05, 0) is 12.5 Å². The van der Waals surface area contributed by atoms with Crippen LogP contribution in [0.1, 0.15) is 24.5 Å². The van der Waals surface area contributed by atoms with Crippen molar-refractivity contribution in [3.8, 4) is 0 Å². The Kier molecular flexibility index (Phi) is 2.80. The van der Waals surface area contributed by atoms with E-state index >= 15 is 0 Å². The van der Waals surface area contributed by atoms with Crippen LogP contribution in [-0.2, 0) is 20.9 Å². The molecule has 0 saturated carbocycles. The van der Waals surface area contributed by atoms with Gasteiger partial charge in [0.05, 0.1) is 18.2 Å². The lowest BCUT2D eigenvalue weighted by Crippen LogP contribution is -2.39. The largest absolute Gasteiger partial charge is 0.301 e. The van der Waals surface area contributed by atoms with Gasteiger partial charge in [-0.3, -0.25) is 19.6 Å². The van der Waals surface area contributed by atoms with Crippen LogP contribution in [0, 0.1) is 0 Å². The zero-order chi connectivity index (χ0) is 11.5. The highest BCUT2D eigenvalue weighted by atomic mass is 16.2. The van der Waals surface area contributed by atoms with Crippen LogP contribution in [0.15, 0.2) is 12.3 Å². The molecular weight excluding hydrogens is 210 g/mol. The van der Waals surface area contributed by atoms with E-state index in [-0.39, 0.29) is 24.3 Å². The third-order valence-electron chi connectivity index (χ3n) is 2.52. The Labute approximate surface area is 91.6 Å². The minimum absolute atomic E-state index is 0.174. The van der Waals surface area contributed by atoms with Gasteiger partial charge in [-0.2, -0.15) is 5.10 Å². The number of hydrogen-bond acceptors (Lipinski definition) is 4. The lowest BCUT2D eigenvalue weighted by atomic mass is 9.95. The van der Waals surface area contributed by atoms with Crippen LogP contribution in [0.4, 0.5) is 0 Å². The number of aldehydes is 1. The van der Waals surface area contributed by atoms with E-state index in [1.54, 1.807) is 12.3 Å². The number of nitrogens with zero attached hydrogens (tertiary/aromatic N) is 2. The first kappa shape index (κ1) is 10.5. The van der Waals surface area contributed by atoms with Gasteiger partial charge in [0.15, 0.2) is 0 Å². The lowest BCUT2D eigenvalue weighted by molar-refractivity contribution is -0.134. The Hall–Kier alpha value is -1.98. The first-order valence-corrected chi connectivity index (χ1v) is 5.01. The van der Waals surface area contributed by atoms with Crippen LogP contribution in [0.5, 0.6) is 0 Å². The summed E-state index contributed by atoms with van der Waals surface area (Å²) < 4.78 is 1.46. The topological polar surface area (TPSA) is 81.1 Å². The van der Waals surface area contributed by atoms with Crippen molar-refractivity contribution < 1.29 is 14.4 Å². The summed E-state index contributed by atoms with van der Waals surface area (Å²) in [6.45, 7) is 0.174. The molecule has 1 saturated heterocycles. The zero-order valence-electron chi connectivity index (χ0n) is 8.55. The Morgan fingerprint density at radius 3 is 3.06 bits per heavy atom. The summed E-state index contributed by atoms with van der Waals surface area (Å²) in [6.07, 6.45) is 3.19. The van der Waals surface area contributed by atoms with Crippen molar-refractivity contribution in [1.29, 1.82) is 0 Å². The fraction of sp³-hybridized carbons (Fsp3) is 0.400. The van der Waals surface area contributed by atoms with Gasteiger partial charge in [-0.15, -0.1) is 0 Å². The quantitative estimate of drug-likeness (QED) is 0.556. The second kappa shape index (κ2) is 4.26. The van der Waals surface area contributed by atoms with Gasteiger partial charge < -0.3 is 4.79 Å². The normalized spacial score (nSPS) is 20.6. The summed E-state index contributed by atoms with van der Waals surface area (Å²) in [7, 11) is 0. The Morgan fingerprint density at radius 2 is 2.38 bits per heavy atom. The number of carbonyl (C=O) groups excluding carboxylic acids is 3. The molecule has 2 rings (SSSR count). The van der Waals surface area contributed by atoms with Crippen LogP contribution < -0.4 is 5.32 Å². The maximum atomic E-state index is 11.5. The van der Waals surface area contributed by atoms with Crippen LogP contribution in [0.2, 0.25) is 0 Å². The summed E-state index contributed by atoms with van der Waals surface area (Å²) in [5.41, 5.74) is 0.604. The van der Waals surface area contributed by atoms with Gasteiger partial charge in [0.2, 0.25) is 11.8 Å². The smallest absolute Gasteiger partial charge is 0.235 e. The van der Waals surface area contributed by atoms with Gasteiger partial charge >= 0.3 is 0 Å². The molecule has 84 valence electrons. The lowest BCUT2D eigenvalue weighted by Gasteiger charge is -2.18. The molecule has 0 spiro atoms. The zero-order valence-corrected chi connectivity index (χ0v) is 8.55. The summed E-state index contributed by atoms with van der Waals surface area (Å²) in [5.74, 6) is -0.938. The molecule has 16 heavy (non-hydrogen) atoms. The Balaban J connectivity index is 2.13. The molecule has 0 bridgehead atoms. The maximum absolute atomic E-state index is 11.5. The molecule has 6 nitrogen and oxygen atoms in total. The summed E-state index contributed by atoms with van der Waals surface area (Å²) in [5, 5.41) is 6.38. The van der Waals surface area contributed by atoms with E-state index in [4.69, 9.17) is 0 Å². The molecule has 6 heteroatoms. The van der Waals surface area contributed by atoms with E-state index in [0.29, 0.717) is 18.5 Å². The van der Waals surface area contributed by atoms with Gasteiger partial charge in [0, 0.05) is 12.6 Å². The number of amides is 2. The Morgan fingerprint density at radius 1 is 1.56 bits per heavy atom. The number of aromatic nitrogens is 2. The predicted molar refractivity (Wildman–Crippen MR) is 53.4 cm³/mol. The van der Waals surface area contributed by atoms with Crippen molar-refractivity contribution >= 4 is 18.1 Å². The van der Waals surface area contributed by atoms with Crippen molar-refractivity contribution in [3.05, 3.63) is 18.0 Å². The van der Waals surface area contributed by atoms with Crippen LogP contribution in [0.3, 0.4) is 0 Å². The van der Waals surface area contributed by atoms with Crippen LogP contribution in [-0.4, -0.2) is 27.9 Å². The molecule has 1 fully saturated rings. The second-order valence-corrected chi connectivity index (χ2v) is 3.63. The highest BCUT2D eigenvalue weighted by Crippen LogP contribution is 2.22. The molecule has 0 radical (unpaired) electrons. The molecular formula is C10H11N3O3. The fourth-order valence-corrected chi connectivity index (χ4v) is 1.72. The molecule has 1 atom stereocenters. The molecule has 1 N–H and O–H groups in total. The molecule has 1 aromatic rings. The van der Waals surface area contributed by atoms with Gasteiger partial charge in [-0.1, -0.05) is 0 Å². The number of hydrogen-bond donors (Lipinski definition) is 1. The van der Waals surface area contributed by atoms with E-state index in [2.05, 4.69) is 10.4 Å². The first-order valence-electron chi connectivity index (χ1n) is 5.01. The van der Waals surface area contributed by atoms with Crippen molar-refractivity contribution in [1.82, 2.24) is 15.1 Å². The van der Waals surface area contributed by atoms with Crippen LogP contribution >= 0.6 is 0 Å². The van der Waals surface area contributed by atoms with Crippen molar-refractivity contribution in [3.63, 3.8) is 0 Å². The van der Waals surface area contributed by atoms with Gasteiger partial charge in [-0.25, -0.2) is 0 Å². The molecule has 1 unspecified atom stereocenters. The molecule has 0 aliphatic carbocycles. The standard InChI is InChI=1S/C10H11N3O3/c14-6-5-13-4-3-8(12-13)7-1-2-9(15)11-10(7)16/h3-4,6-7H,1-2,5H2,(H,11,15,16). The average molecular weight is 221 g/mol. The molecule has 2 heterocycles. The van der Waals surface area contributed by atoms with Gasteiger partial charge in [0.25, 0.3) is 0 Å². The third kappa shape index (κ3) is 2.00. The highest BCUT2D eigenvalue weighted by Gasteiger charge is 2.29. The predicted octanol–water partition coefficient (Wildman–Crippen LogP) is -0.398. The van der Waals surface area contributed by atoms with Gasteiger partial charge in [0.1, 0.15) is 6.29 Å². The summed E-state index contributed by atoms with van der Waals surface area (Å²) >= 11 is 0. The van der Waals surface area contributed by atoms with E-state index in [1.807, 2.05) is 0 Å². The molecule has 1 aliphatic heterocycles. The SMILES string of the molecule is O=CCn1ccc(C2CCC(=O)NC2=O)n1. The van der Waals surface area contributed by atoms with E-state index in [1.165, 1.54) is 4.68 Å². The second-order valence-electron chi connectivity index (χ2n) is 3.63. The number of carbonyl (C=O) groups is 3. The highest BCUT2D eigenvalue weighted by molar-refractivity contribution is 6.00. The summed E-state index contributed by atoms with van der Waals surface area (Å²) in [6, 6.07) is 1.70. The molecule has 0 aromatic carbocycles. The van der Waals surface area contributed by atoms with Crippen molar-refractivity contribution in [2.24, 2.45) is 0 Å². The third-order valence-corrected chi connectivity index (χ3v) is 2.52. The first-order chi connectivity index (χ1) is 7.70. The minimum Gasteiger partial charge on any atom is -0.301 e. The molecule has 1 aromatic heterocycles. The van der Waals surface area contributed by atoms with E-state index in [9.17, 15) is 14.4 Å². The van der Waals surface area contributed by atoms with E-state index in [0.717, 1.165) is 6.29 Å². The Bertz CT molecular complexity index is 438. The average Bonchev–Trinajstić information content (AvgIpc) is 2.67. The van der Waals surface area contributed by atoms with E-state index < -0.39 is 0 Å². The minimum atomic E-state index is -0.384. The van der Waals surface area contributed by atoms with Crippen LogP contribution in [0.25, 0.3) is 0 Å². The molecule has 2 amide bonds. The van der Waals surface area contributed by atoms with Crippen molar-refractivity contribution in [2.75, 3.05) is 0 Å². The maximum Gasteiger partial charge on any atom is 0.235 e. The number of piperidine rings is 1.